The Hall–Kier alpha value is -1.77. The lowest BCUT2D eigenvalue weighted by atomic mass is 9.81. The largest absolute Gasteiger partial charge is 0.381 e. The first-order valence-electron chi connectivity index (χ1n) is 9.61. The van der Waals surface area contributed by atoms with Gasteiger partial charge in [-0.25, -0.2) is 0 Å². The standard InChI is InChI=1S/C19H24N4O3S/c1-13-20-18(26-21-13)19-11-22(15-4-6-25-7-5-15)9-14(19)10-23(12-19)17(24)16-3-2-8-27-16/h2-3,8,14-15H,4-7,9-12H2,1H3/t14-,19-/m1/s1. The van der Waals surface area contributed by atoms with Crippen LogP contribution in [0.5, 0.6) is 0 Å². The normalized spacial score (nSPS) is 29.4. The predicted octanol–water partition coefficient (Wildman–Crippen LogP) is 1.94. The molecule has 0 spiro atoms. The average molecular weight is 388 g/mol. The molecule has 0 aromatic carbocycles. The van der Waals surface area contributed by atoms with E-state index >= 15 is 0 Å². The number of hydrogen-bond donors (Lipinski definition) is 0. The summed E-state index contributed by atoms with van der Waals surface area (Å²) in [5.41, 5.74) is -0.257. The van der Waals surface area contributed by atoms with Gasteiger partial charge in [0.25, 0.3) is 5.91 Å². The van der Waals surface area contributed by atoms with Crippen LogP contribution in [0, 0.1) is 12.8 Å². The molecule has 144 valence electrons. The van der Waals surface area contributed by atoms with Gasteiger partial charge in [-0.1, -0.05) is 11.2 Å². The number of thiophene rings is 1. The number of carbonyl (C=O) groups is 1. The van der Waals surface area contributed by atoms with Crippen molar-refractivity contribution in [3.63, 3.8) is 0 Å². The molecule has 0 bridgehead atoms. The van der Waals surface area contributed by atoms with Crippen molar-refractivity contribution in [3.8, 4) is 0 Å². The minimum absolute atomic E-state index is 0.118. The van der Waals surface area contributed by atoms with E-state index in [4.69, 9.17) is 9.26 Å². The summed E-state index contributed by atoms with van der Waals surface area (Å²) in [5.74, 6) is 1.79. The Kier molecular flexibility index (Phi) is 4.29. The summed E-state index contributed by atoms with van der Waals surface area (Å²) < 4.78 is 11.2. The Balaban J connectivity index is 1.43. The summed E-state index contributed by atoms with van der Waals surface area (Å²) in [6.45, 7) is 6.77. The van der Waals surface area contributed by atoms with E-state index in [0.29, 0.717) is 30.2 Å². The molecule has 27 heavy (non-hydrogen) atoms. The smallest absolute Gasteiger partial charge is 0.263 e. The summed E-state index contributed by atoms with van der Waals surface area (Å²) in [6.07, 6.45) is 2.15. The number of fused-ring (bicyclic) bond motifs is 1. The van der Waals surface area contributed by atoms with Crippen LogP contribution < -0.4 is 0 Å². The van der Waals surface area contributed by atoms with Crippen LogP contribution in [-0.4, -0.2) is 71.3 Å². The Bertz CT molecular complexity index is 817. The van der Waals surface area contributed by atoms with Crippen LogP contribution in [0.2, 0.25) is 0 Å². The van der Waals surface area contributed by atoms with E-state index in [1.807, 2.05) is 29.3 Å². The molecule has 3 aliphatic heterocycles. The van der Waals surface area contributed by atoms with Crippen LogP contribution in [0.3, 0.4) is 0 Å². The number of nitrogens with zero attached hydrogens (tertiary/aromatic N) is 4. The molecule has 0 radical (unpaired) electrons. The van der Waals surface area contributed by atoms with E-state index in [0.717, 1.165) is 50.6 Å². The molecule has 0 N–H and O–H groups in total. The lowest BCUT2D eigenvalue weighted by molar-refractivity contribution is 0.0369. The number of likely N-dealkylation sites (tertiary alicyclic amines) is 2. The summed E-state index contributed by atoms with van der Waals surface area (Å²) in [7, 11) is 0. The van der Waals surface area contributed by atoms with Crippen LogP contribution in [0.4, 0.5) is 0 Å². The molecule has 3 aliphatic rings. The van der Waals surface area contributed by atoms with Crippen molar-refractivity contribution in [3.05, 3.63) is 34.1 Å². The molecule has 2 aromatic rings. The number of hydrogen-bond acceptors (Lipinski definition) is 7. The number of rotatable bonds is 3. The van der Waals surface area contributed by atoms with Gasteiger partial charge in [-0.05, 0) is 31.2 Å². The molecule has 8 heteroatoms. The van der Waals surface area contributed by atoms with Crippen molar-refractivity contribution in [2.75, 3.05) is 39.4 Å². The van der Waals surface area contributed by atoms with E-state index in [-0.39, 0.29) is 11.3 Å². The maximum Gasteiger partial charge on any atom is 0.263 e. The molecule has 1 amide bonds. The Morgan fingerprint density at radius 1 is 1.30 bits per heavy atom. The molecule has 0 saturated carbocycles. The fraction of sp³-hybridized carbons (Fsp3) is 0.632. The van der Waals surface area contributed by atoms with Gasteiger partial charge in [-0.15, -0.1) is 11.3 Å². The lowest BCUT2D eigenvalue weighted by Crippen LogP contribution is -2.44. The highest BCUT2D eigenvalue weighted by molar-refractivity contribution is 7.12. The van der Waals surface area contributed by atoms with Gasteiger partial charge in [0.15, 0.2) is 5.82 Å². The van der Waals surface area contributed by atoms with Gasteiger partial charge in [-0.2, -0.15) is 4.98 Å². The van der Waals surface area contributed by atoms with Crippen LogP contribution in [0.1, 0.15) is 34.2 Å². The molecule has 0 aliphatic carbocycles. The quantitative estimate of drug-likeness (QED) is 0.800. The van der Waals surface area contributed by atoms with Gasteiger partial charge < -0.3 is 14.2 Å². The zero-order chi connectivity index (χ0) is 18.4. The third-order valence-corrected chi connectivity index (χ3v) is 7.17. The number of aryl methyl sites for hydroxylation is 1. The van der Waals surface area contributed by atoms with Crippen molar-refractivity contribution >= 4 is 17.2 Å². The van der Waals surface area contributed by atoms with Crippen LogP contribution in [0.15, 0.2) is 22.0 Å². The maximum absolute atomic E-state index is 12.9. The van der Waals surface area contributed by atoms with Crippen LogP contribution >= 0.6 is 11.3 Å². The number of amides is 1. The fourth-order valence-electron chi connectivity index (χ4n) is 4.95. The zero-order valence-electron chi connectivity index (χ0n) is 15.5. The summed E-state index contributed by atoms with van der Waals surface area (Å²) >= 11 is 1.50. The highest BCUT2D eigenvalue weighted by Gasteiger charge is 2.58. The first kappa shape index (κ1) is 17.3. The summed E-state index contributed by atoms with van der Waals surface area (Å²) in [5, 5.41) is 6.00. The van der Waals surface area contributed by atoms with Crippen molar-refractivity contribution in [2.45, 2.75) is 31.2 Å². The molecule has 2 aromatic heterocycles. The first-order chi connectivity index (χ1) is 13.2. The average Bonchev–Trinajstić information content (AvgIpc) is 3.44. The summed E-state index contributed by atoms with van der Waals surface area (Å²) in [4.78, 5) is 22.9. The van der Waals surface area contributed by atoms with E-state index in [1.165, 1.54) is 11.3 Å². The first-order valence-corrected chi connectivity index (χ1v) is 10.5. The van der Waals surface area contributed by atoms with E-state index in [1.54, 1.807) is 0 Å². The molecule has 5 heterocycles. The zero-order valence-corrected chi connectivity index (χ0v) is 16.3. The number of ether oxygens (including phenoxy) is 1. The van der Waals surface area contributed by atoms with E-state index < -0.39 is 0 Å². The highest BCUT2D eigenvalue weighted by atomic mass is 32.1. The Morgan fingerprint density at radius 2 is 2.15 bits per heavy atom. The van der Waals surface area contributed by atoms with Gasteiger partial charge in [0.2, 0.25) is 5.89 Å². The SMILES string of the molecule is Cc1noc([C@]23CN(C(=O)c4cccs4)C[C@H]2CN(C2CCOCC2)C3)n1. The van der Waals surface area contributed by atoms with E-state index in [9.17, 15) is 4.79 Å². The molecule has 7 nitrogen and oxygen atoms in total. The second-order valence-electron chi connectivity index (χ2n) is 7.94. The van der Waals surface area contributed by atoms with E-state index in [2.05, 4.69) is 15.0 Å². The van der Waals surface area contributed by atoms with Gasteiger partial charge in [0.1, 0.15) is 0 Å². The molecular weight excluding hydrogens is 364 g/mol. The topological polar surface area (TPSA) is 71.7 Å². The Labute approximate surface area is 162 Å². The fourth-order valence-corrected chi connectivity index (χ4v) is 5.64. The second kappa shape index (κ2) is 6.68. The Morgan fingerprint density at radius 3 is 2.85 bits per heavy atom. The van der Waals surface area contributed by atoms with Crippen molar-refractivity contribution in [2.24, 2.45) is 5.92 Å². The van der Waals surface area contributed by atoms with Gasteiger partial charge in [0, 0.05) is 51.4 Å². The number of aromatic nitrogens is 2. The lowest BCUT2D eigenvalue weighted by Gasteiger charge is -2.33. The monoisotopic (exact) mass is 388 g/mol. The molecule has 5 rings (SSSR count). The minimum Gasteiger partial charge on any atom is -0.381 e. The van der Waals surface area contributed by atoms with Crippen LogP contribution in [0.25, 0.3) is 0 Å². The van der Waals surface area contributed by atoms with Gasteiger partial charge >= 0.3 is 0 Å². The molecule has 0 unspecified atom stereocenters. The third-order valence-electron chi connectivity index (χ3n) is 6.32. The van der Waals surface area contributed by atoms with Crippen molar-refractivity contribution in [1.82, 2.24) is 19.9 Å². The maximum atomic E-state index is 12.9. The minimum atomic E-state index is -0.257. The molecule has 2 atom stereocenters. The number of carbonyl (C=O) groups excluding carboxylic acids is 1. The molecule has 3 saturated heterocycles. The summed E-state index contributed by atoms with van der Waals surface area (Å²) in [6, 6.07) is 4.38. The molecule has 3 fully saturated rings. The predicted molar refractivity (Wildman–Crippen MR) is 99.8 cm³/mol. The van der Waals surface area contributed by atoms with Gasteiger partial charge in [-0.3, -0.25) is 9.69 Å². The van der Waals surface area contributed by atoms with Crippen molar-refractivity contribution < 1.29 is 14.1 Å². The molecular formula is C19H24N4O3S. The van der Waals surface area contributed by atoms with Crippen molar-refractivity contribution in [1.29, 1.82) is 0 Å². The highest BCUT2D eigenvalue weighted by Crippen LogP contribution is 2.46. The second-order valence-corrected chi connectivity index (χ2v) is 8.88. The van der Waals surface area contributed by atoms with Crippen LogP contribution in [-0.2, 0) is 10.2 Å². The third kappa shape index (κ3) is 2.90. The van der Waals surface area contributed by atoms with Gasteiger partial charge in [0.05, 0.1) is 10.3 Å².